The van der Waals surface area contributed by atoms with Crippen molar-refractivity contribution in [2.75, 3.05) is 31.1 Å². The highest BCUT2D eigenvalue weighted by atomic mass is 32.1. The van der Waals surface area contributed by atoms with Crippen LogP contribution < -0.4 is 10.5 Å². The van der Waals surface area contributed by atoms with E-state index in [1.54, 1.807) is 23.7 Å². The fraction of sp³-hybridized carbons (Fsp3) is 0.318. The molecule has 0 saturated carbocycles. The van der Waals surface area contributed by atoms with Gasteiger partial charge in [0.2, 0.25) is 0 Å². The predicted octanol–water partition coefficient (Wildman–Crippen LogP) is 3.68. The minimum Gasteiger partial charge on any atom is -0.423 e. The number of benzene rings is 1. The highest BCUT2D eigenvalue weighted by Gasteiger charge is 2.21. The monoisotopic (exact) mass is 406 g/mol. The number of aryl methyl sites for hydroxylation is 1. The van der Waals surface area contributed by atoms with Crippen molar-refractivity contribution in [2.45, 2.75) is 19.9 Å². The van der Waals surface area contributed by atoms with Crippen LogP contribution in [-0.4, -0.2) is 41.0 Å². The van der Waals surface area contributed by atoms with Gasteiger partial charge in [-0.3, -0.25) is 4.90 Å². The van der Waals surface area contributed by atoms with E-state index in [0.29, 0.717) is 5.58 Å². The van der Waals surface area contributed by atoms with Gasteiger partial charge in [-0.1, -0.05) is 19.1 Å². The Morgan fingerprint density at radius 1 is 1.07 bits per heavy atom. The molecule has 7 heteroatoms. The second-order valence-corrected chi connectivity index (χ2v) is 8.27. The van der Waals surface area contributed by atoms with Gasteiger partial charge in [0.15, 0.2) is 0 Å². The molecule has 29 heavy (non-hydrogen) atoms. The number of rotatable bonds is 4. The molecule has 6 nitrogen and oxygen atoms in total. The average molecular weight is 407 g/mol. The third-order valence-corrected chi connectivity index (χ3v) is 6.43. The summed E-state index contributed by atoms with van der Waals surface area (Å²) in [6, 6.07) is 9.92. The summed E-state index contributed by atoms with van der Waals surface area (Å²) in [5.74, 6) is 1.02. The van der Waals surface area contributed by atoms with E-state index in [2.05, 4.69) is 50.3 Å². The maximum Gasteiger partial charge on any atom is 0.336 e. The molecule has 1 aliphatic rings. The Labute approximate surface area is 172 Å². The number of piperazine rings is 1. The molecule has 148 valence electrons. The number of anilines is 1. The van der Waals surface area contributed by atoms with Gasteiger partial charge in [0.1, 0.15) is 22.6 Å². The summed E-state index contributed by atoms with van der Waals surface area (Å²) in [5, 5.41) is 4.22. The fourth-order valence-electron chi connectivity index (χ4n) is 4.01. The first-order chi connectivity index (χ1) is 14.2. The van der Waals surface area contributed by atoms with Crippen molar-refractivity contribution in [2.24, 2.45) is 0 Å². The Morgan fingerprint density at radius 3 is 2.76 bits per heavy atom. The Morgan fingerprint density at radius 2 is 1.93 bits per heavy atom. The SMILES string of the molecule is CCc1ccc2c(CN3CCN(c4ncnc5sccc45)CC3)cc(=O)oc2c1. The molecule has 4 aromatic rings. The van der Waals surface area contributed by atoms with Crippen LogP contribution in [0.5, 0.6) is 0 Å². The molecule has 0 bridgehead atoms. The molecule has 0 spiro atoms. The van der Waals surface area contributed by atoms with Crippen LogP contribution in [-0.2, 0) is 13.0 Å². The molecule has 0 radical (unpaired) electrons. The molecule has 4 heterocycles. The van der Waals surface area contributed by atoms with Crippen LogP contribution in [0.25, 0.3) is 21.2 Å². The van der Waals surface area contributed by atoms with Crippen LogP contribution in [0.15, 0.2) is 51.3 Å². The highest BCUT2D eigenvalue weighted by molar-refractivity contribution is 7.16. The number of hydrogen-bond donors (Lipinski definition) is 0. The fourth-order valence-corrected chi connectivity index (χ4v) is 4.74. The summed E-state index contributed by atoms with van der Waals surface area (Å²) in [5.41, 5.74) is 2.62. The number of nitrogens with zero attached hydrogens (tertiary/aromatic N) is 4. The molecule has 0 aliphatic carbocycles. The van der Waals surface area contributed by atoms with Gasteiger partial charge in [-0.2, -0.15) is 0 Å². The lowest BCUT2D eigenvalue weighted by Crippen LogP contribution is -2.46. The molecule has 0 unspecified atom stereocenters. The van der Waals surface area contributed by atoms with Crippen LogP contribution in [0.3, 0.4) is 0 Å². The van der Waals surface area contributed by atoms with Crippen molar-refractivity contribution >= 4 is 38.3 Å². The smallest absolute Gasteiger partial charge is 0.336 e. The van der Waals surface area contributed by atoms with Gasteiger partial charge in [0.05, 0.1) is 5.39 Å². The quantitative estimate of drug-likeness (QED) is 0.482. The number of aromatic nitrogens is 2. The van der Waals surface area contributed by atoms with Gasteiger partial charge in [-0.25, -0.2) is 14.8 Å². The van der Waals surface area contributed by atoms with Crippen LogP contribution in [0.2, 0.25) is 0 Å². The molecule has 3 aromatic heterocycles. The lowest BCUT2D eigenvalue weighted by molar-refractivity contribution is 0.250. The molecular weight excluding hydrogens is 384 g/mol. The van der Waals surface area contributed by atoms with Crippen molar-refractivity contribution < 1.29 is 4.42 Å². The number of hydrogen-bond acceptors (Lipinski definition) is 7. The Kier molecular flexibility index (Phi) is 4.77. The largest absolute Gasteiger partial charge is 0.423 e. The van der Waals surface area contributed by atoms with Crippen LogP contribution >= 0.6 is 11.3 Å². The van der Waals surface area contributed by atoms with Gasteiger partial charge in [-0.05, 0) is 35.1 Å². The number of fused-ring (bicyclic) bond motifs is 2. The third-order valence-electron chi connectivity index (χ3n) is 5.61. The molecule has 1 aromatic carbocycles. The summed E-state index contributed by atoms with van der Waals surface area (Å²) < 4.78 is 5.45. The number of thiophene rings is 1. The van der Waals surface area contributed by atoms with Gasteiger partial charge in [0.25, 0.3) is 0 Å². The van der Waals surface area contributed by atoms with E-state index in [1.807, 2.05) is 6.07 Å². The van der Waals surface area contributed by atoms with Crippen molar-refractivity contribution in [1.82, 2.24) is 14.9 Å². The molecule has 1 fully saturated rings. The van der Waals surface area contributed by atoms with Crippen LogP contribution in [0.4, 0.5) is 5.82 Å². The zero-order valence-electron chi connectivity index (χ0n) is 16.3. The van der Waals surface area contributed by atoms with Crippen molar-refractivity contribution in [1.29, 1.82) is 0 Å². The molecule has 0 atom stereocenters. The van der Waals surface area contributed by atoms with Crippen LogP contribution in [0.1, 0.15) is 18.1 Å². The normalized spacial score (nSPS) is 15.4. The van der Waals surface area contributed by atoms with E-state index in [1.165, 1.54) is 5.56 Å². The van der Waals surface area contributed by atoms with E-state index in [4.69, 9.17) is 4.42 Å². The van der Waals surface area contributed by atoms with Crippen LogP contribution in [0, 0.1) is 0 Å². The summed E-state index contributed by atoms with van der Waals surface area (Å²) in [7, 11) is 0. The van der Waals surface area contributed by atoms with Gasteiger partial charge >= 0.3 is 5.63 Å². The first-order valence-electron chi connectivity index (χ1n) is 9.92. The topological polar surface area (TPSA) is 62.5 Å². The summed E-state index contributed by atoms with van der Waals surface area (Å²) in [6.07, 6.45) is 2.58. The van der Waals surface area contributed by atoms with Crippen molar-refractivity contribution in [3.05, 3.63) is 63.6 Å². The van der Waals surface area contributed by atoms with E-state index >= 15 is 0 Å². The Bertz CT molecular complexity index is 1220. The first kappa shape index (κ1) is 18.3. The van der Waals surface area contributed by atoms with Gasteiger partial charge in [0, 0.05) is 44.2 Å². The van der Waals surface area contributed by atoms with Gasteiger partial charge < -0.3 is 9.32 Å². The summed E-state index contributed by atoms with van der Waals surface area (Å²) >= 11 is 1.65. The maximum atomic E-state index is 12.1. The molecule has 1 saturated heterocycles. The molecule has 1 aliphatic heterocycles. The zero-order chi connectivity index (χ0) is 19.8. The predicted molar refractivity (Wildman–Crippen MR) is 117 cm³/mol. The standard InChI is InChI=1S/C22H22N4O2S/c1-2-15-3-4-17-16(12-20(27)28-19(17)11-15)13-25-6-8-26(9-7-25)21-18-5-10-29-22(18)24-14-23-21/h3-5,10-12,14H,2,6-9,13H2,1H3. The second kappa shape index (κ2) is 7.57. The Balaban J connectivity index is 1.34. The average Bonchev–Trinajstić information content (AvgIpc) is 3.23. The van der Waals surface area contributed by atoms with Crippen molar-refractivity contribution in [3.8, 4) is 0 Å². The molecule has 0 amide bonds. The van der Waals surface area contributed by atoms with Crippen molar-refractivity contribution in [3.63, 3.8) is 0 Å². The summed E-state index contributed by atoms with van der Waals surface area (Å²) in [6.45, 7) is 6.50. The zero-order valence-corrected chi connectivity index (χ0v) is 17.1. The second-order valence-electron chi connectivity index (χ2n) is 7.37. The maximum absolute atomic E-state index is 12.1. The van der Waals surface area contributed by atoms with E-state index in [9.17, 15) is 4.79 Å². The lowest BCUT2D eigenvalue weighted by atomic mass is 10.1. The van der Waals surface area contributed by atoms with E-state index < -0.39 is 0 Å². The van der Waals surface area contributed by atoms with E-state index in [-0.39, 0.29) is 5.63 Å². The minimum absolute atomic E-state index is 0.278. The molecule has 5 rings (SSSR count). The highest BCUT2D eigenvalue weighted by Crippen LogP contribution is 2.28. The van der Waals surface area contributed by atoms with E-state index in [0.717, 1.165) is 66.1 Å². The first-order valence-corrected chi connectivity index (χ1v) is 10.8. The molecule has 0 N–H and O–H groups in total. The minimum atomic E-state index is -0.278. The summed E-state index contributed by atoms with van der Waals surface area (Å²) in [4.78, 5) is 26.7. The lowest BCUT2D eigenvalue weighted by Gasteiger charge is -2.35. The molecular formula is C22H22N4O2S. The van der Waals surface area contributed by atoms with Gasteiger partial charge in [-0.15, -0.1) is 11.3 Å². The Hall–Kier alpha value is -2.77. The third kappa shape index (κ3) is 3.52.